The number of aliphatic carboxylic acids is 1. The van der Waals surface area contributed by atoms with Gasteiger partial charge in [0.15, 0.2) is 0 Å². The van der Waals surface area contributed by atoms with Crippen LogP contribution in [0.1, 0.15) is 33.1 Å². The summed E-state index contributed by atoms with van der Waals surface area (Å²) in [5.41, 5.74) is 4.83. The van der Waals surface area contributed by atoms with E-state index in [1.807, 2.05) is 6.92 Å². The Balaban J connectivity index is 2.84. The van der Waals surface area contributed by atoms with Crippen LogP contribution in [0.5, 0.6) is 0 Å². The highest BCUT2D eigenvalue weighted by molar-refractivity contribution is 5.90. The maximum Gasteiger partial charge on any atom is 0.326 e. The van der Waals surface area contributed by atoms with Crippen LogP contribution in [0.3, 0.4) is 0 Å². The molecule has 1 rings (SSSR count). The Morgan fingerprint density at radius 1 is 1.53 bits per heavy atom. The fourth-order valence-corrected chi connectivity index (χ4v) is 2.23. The van der Waals surface area contributed by atoms with E-state index in [4.69, 9.17) is 10.8 Å². The van der Waals surface area contributed by atoms with Gasteiger partial charge in [-0.3, -0.25) is 4.79 Å². The van der Waals surface area contributed by atoms with Gasteiger partial charge in [0.25, 0.3) is 0 Å². The summed E-state index contributed by atoms with van der Waals surface area (Å²) in [5, 5.41) is 18.5. The predicted octanol–water partition coefficient (Wildman–Crippen LogP) is -0.450. The zero-order chi connectivity index (χ0) is 13.2. The Labute approximate surface area is 100 Å². The number of aliphatic hydroxyl groups is 1. The highest BCUT2D eigenvalue weighted by Crippen LogP contribution is 2.23. The average molecular weight is 244 g/mol. The molecule has 0 aromatic heterocycles. The van der Waals surface area contributed by atoms with Crippen LogP contribution in [0.15, 0.2) is 0 Å². The standard InChI is InChI=1S/C11H20N2O4/c1-3-4-11(2,12)10(17)13-6-7(14)5-8(13)9(15)16/h7-8,14H,3-6,12H2,1-2H3,(H,15,16)/t7-,8+,11?/m1/s1. The van der Waals surface area contributed by atoms with Gasteiger partial charge >= 0.3 is 5.97 Å². The third-order valence-electron chi connectivity index (χ3n) is 3.08. The van der Waals surface area contributed by atoms with E-state index in [1.54, 1.807) is 6.92 Å². The quantitative estimate of drug-likeness (QED) is 0.621. The highest BCUT2D eigenvalue weighted by atomic mass is 16.4. The summed E-state index contributed by atoms with van der Waals surface area (Å²) in [6, 6.07) is -0.961. The average Bonchev–Trinajstić information content (AvgIpc) is 2.59. The van der Waals surface area contributed by atoms with Crippen molar-refractivity contribution < 1.29 is 19.8 Å². The number of nitrogens with two attached hydrogens (primary N) is 1. The molecule has 0 aromatic carbocycles. The largest absolute Gasteiger partial charge is 0.480 e. The fourth-order valence-electron chi connectivity index (χ4n) is 2.23. The molecular formula is C11H20N2O4. The summed E-state index contributed by atoms with van der Waals surface area (Å²) in [5.74, 6) is -1.49. The lowest BCUT2D eigenvalue weighted by Gasteiger charge is -2.31. The first kappa shape index (κ1) is 13.9. The Kier molecular flexibility index (Phi) is 4.11. The van der Waals surface area contributed by atoms with Crippen molar-refractivity contribution in [2.75, 3.05) is 6.54 Å². The summed E-state index contributed by atoms with van der Waals surface area (Å²) < 4.78 is 0. The van der Waals surface area contributed by atoms with E-state index in [1.165, 1.54) is 4.90 Å². The minimum Gasteiger partial charge on any atom is -0.480 e. The van der Waals surface area contributed by atoms with Crippen molar-refractivity contribution in [3.63, 3.8) is 0 Å². The van der Waals surface area contributed by atoms with E-state index >= 15 is 0 Å². The van der Waals surface area contributed by atoms with Crippen LogP contribution in [-0.4, -0.2) is 51.2 Å². The number of carboxylic acids is 1. The molecule has 1 fully saturated rings. The topological polar surface area (TPSA) is 104 Å². The van der Waals surface area contributed by atoms with Crippen LogP contribution < -0.4 is 5.73 Å². The lowest BCUT2D eigenvalue weighted by molar-refractivity contribution is -0.150. The Morgan fingerprint density at radius 3 is 2.59 bits per heavy atom. The minimum absolute atomic E-state index is 0.0479. The van der Waals surface area contributed by atoms with Crippen molar-refractivity contribution in [1.29, 1.82) is 0 Å². The number of carboxylic acid groups (broad SMARTS) is 1. The molecule has 1 unspecified atom stereocenters. The number of nitrogens with zero attached hydrogens (tertiary/aromatic N) is 1. The van der Waals surface area contributed by atoms with Gasteiger partial charge in [0, 0.05) is 13.0 Å². The smallest absolute Gasteiger partial charge is 0.326 e. The number of hydrogen-bond acceptors (Lipinski definition) is 4. The minimum atomic E-state index is -1.10. The third-order valence-corrected chi connectivity index (χ3v) is 3.08. The van der Waals surface area contributed by atoms with Crippen molar-refractivity contribution in [3.05, 3.63) is 0 Å². The van der Waals surface area contributed by atoms with E-state index in [0.717, 1.165) is 6.42 Å². The van der Waals surface area contributed by atoms with Gasteiger partial charge in [-0.25, -0.2) is 4.79 Å². The van der Waals surface area contributed by atoms with E-state index < -0.39 is 29.6 Å². The first-order valence-corrected chi connectivity index (χ1v) is 5.80. The molecule has 1 saturated heterocycles. The number of carbonyl (C=O) groups excluding carboxylic acids is 1. The molecule has 0 radical (unpaired) electrons. The summed E-state index contributed by atoms with van der Waals surface area (Å²) in [7, 11) is 0. The number of likely N-dealkylation sites (tertiary alicyclic amines) is 1. The molecule has 3 atom stereocenters. The zero-order valence-electron chi connectivity index (χ0n) is 10.2. The molecule has 4 N–H and O–H groups in total. The second-order valence-electron chi connectivity index (χ2n) is 4.87. The van der Waals surface area contributed by atoms with Crippen LogP contribution in [-0.2, 0) is 9.59 Å². The van der Waals surface area contributed by atoms with E-state index in [-0.39, 0.29) is 13.0 Å². The number of β-amino-alcohol motifs (C(OH)–C–C–N with tert-alkyl or cyclic N) is 1. The first-order chi connectivity index (χ1) is 7.79. The van der Waals surface area contributed by atoms with Gasteiger partial charge in [-0.2, -0.15) is 0 Å². The van der Waals surface area contributed by atoms with Crippen LogP contribution in [0.4, 0.5) is 0 Å². The van der Waals surface area contributed by atoms with Crippen LogP contribution in [0, 0.1) is 0 Å². The van der Waals surface area contributed by atoms with Gasteiger partial charge in [0.2, 0.25) is 5.91 Å². The molecule has 0 spiro atoms. The molecule has 0 aliphatic carbocycles. The maximum absolute atomic E-state index is 12.1. The number of aliphatic hydroxyl groups excluding tert-OH is 1. The third kappa shape index (κ3) is 2.95. The zero-order valence-corrected chi connectivity index (χ0v) is 10.2. The van der Waals surface area contributed by atoms with Crippen molar-refractivity contribution in [2.45, 2.75) is 50.8 Å². The summed E-state index contributed by atoms with van der Waals surface area (Å²) in [6.07, 6.45) is 0.526. The predicted molar refractivity (Wildman–Crippen MR) is 61.3 cm³/mol. The van der Waals surface area contributed by atoms with Crippen molar-refractivity contribution in [2.24, 2.45) is 5.73 Å². The van der Waals surface area contributed by atoms with Gasteiger partial charge in [-0.05, 0) is 13.3 Å². The van der Waals surface area contributed by atoms with Gasteiger partial charge in [0.05, 0.1) is 11.6 Å². The number of hydrogen-bond donors (Lipinski definition) is 3. The van der Waals surface area contributed by atoms with Gasteiger partial charge < -0.3 is 20.8 Å². The SMILES string of the molecule is CCCC(C)(N)C(=O)N1C[C@H](O)C[C@H]1C(=O)O. The van der Waals surface area contributed by atoms with Crippen LogP contribution >= 0.6 is 0 Å². The molecular weight excluding hydrogens is 224 g/mol. The van der Waals surface area contributed by atoms with Gasteiger partial charge in [0.1, 0.15) is 6.04 Å². The maximum atomic E-state index is 12.1. The van der Waals surface area contributed by atoms with Crippen LogP contribution in [0.25, 0.3) is 0 Å². The second kappa shape index (κ2) is 5.01. The van der Waals surface area contributed by atoms with Crippen molar-refractivity contribution in [3.8, 4) is 0 Å². The van der Waals surface area contributed by atoms with E-state index in [2.05, 4.69) is 0 Å². The van der Waals surface area contributed by atoms with Gasteiger partial charge in [-0.15, -0.1) is 0 Å². The molecule has 6 nitrogen and oxygen atoms in total. The second-order valence-corrected chi connectivity index (χ2v) is 4.87. The molecule has 1 amide bonds. The lowest BCUT2D eigenvalue weighted by Crippen LogP contribution is -2.55. The first-order valence-electron chi connectivity index (χ1n) is 5.80. The Morgan fingerprint density at radius 2 is 2.12 bits per heavy atom. The number of carbonyl (C=O) groups is 2. The highest BCUT2D eigenvalue weighted by Gasteiger charge is 2.43. The monoisotopic (exact) mass is 244 g/mol. The molecule has 1 aliphatic heterocycles. The van der Waals surface area contributed by atoms with E-state index in [9.17, 15) is 14.7 Å². The molecule has 6 heteroatoms. The Bertz CT molecular complexity index is 317. The summed E-state index contributed by atoms with van der Waals surface area (Å²) >= 11 is 0. The molecule has 0 aromatic rings. The fraction of sp³-hybridized carbons (Fsp3) is 0.818. The number of amides is 1. The summed E-state index contributed by atoms with van der Waals surface area (Å²) in [4.78, 5) is 24.3. The lowest BCUT2D eigenvalue weighted by atomic mass is 9.95. The molecule has 0 bridgehead atoms. The molecule has 1 aliphatic rings. The molecule has 0 saturated carbocycles. The van der Waals surface area contributed by atoms with Gasteiger partial charge in [-0.1, -0.05) is 13.3 Å². The van der Waals surface area contributed by atoms with Crippen molar-refractivity contribution >= 4 is 11.9 Å². The molecule has 17 heavy (non-hydrogen) atoms. The molecule has 1 heterocycles. The molecule has 98 valence electrons. The van der Waals surface area contributed by atoms with E-state index in [0.29, 0.717) is 6.42 Å². The van der Waals surface area contributed by atoms with Crippen LogP contribution in [0.2, 0.25) is 0 Å². The van der Waals surface area contributed by atoms with Crippen molar-refractivity contribution in [1.82, 2.24) is 4.90 Å². The number of rotatable bonds is 4. The Hall–Kier alpha value is -1.14. The normalized spacial score (nSPS) is 27.9. The summed E-state index contributed by atoms with van der Waals surface area (Å²) in [6.45, 7) is 3.56.